The van der Waals surface area contributed by atoms with Gasteiger partial charge in [0.25, 0.3) is 0 Å². The van der Waals surface area contributed by atoms with Crippen LogP contribution in [0.3, 0.4) is 0 Å². The maximum absolute atomic E-state index is 5.33. The summed E-state index contributed by atoms with van der Waals surface area (Å²) in [6.07, 6.45) is 3.43. The molecule has 110 valence electrons. The average Bonchev–Trinajstić information content (AvgIpc) is 2.52. The number of hydrogen-bond donors (Lipinski definition) is 1. The molecule has 0 aliphatic heterocycles. The van der Waals surface area contributed by atoms with Crippen LogP contribution in [0.1, 0.15) is 23.1 Å². The van der Waals surface area contributed by atoms with Crippen molar-refractivity contribution in [3.63, 3.8) is 0 Å². The lowest BCUT2D eigenvalue weighted by Gasteiger charge is -2.26. The predicted octanol–water partition coefficient (Wildman–Crippen LogP) is 4.10. The number of rotatable bonds is 4. The van der Waals surface area contributed by atoms with Gasteiger partial charge in [-0.15, -0.1) is 0 Å². The van der Waals surface area contributed by atoms with Crippen molar-refractivity contribution >= 4 is 15.9 Å². The number of fused-ring (bicyclic) bond motifs is 1. The number of nitrogens with one attached hydrogen (secondary N) is 1. The summed E-state index contributed by atoms with van der Waals surface area (Å²) in [6.45, 7) is 0.920. The van der Waals surface area contributed by atoms with Crippen molar-refractivity contribution in [3.05, 3.63) is 63.6 Å². The monoisotopic (exact) mass is 345 g/mol. The molecule has 0 aromatic heterocycles. The van der Waals surface area contributed by atoms with E-state index in [1.165, 1.54) is 23.1 Å². The molecule has 1 aliphatic carbocycles. The van der Waals surface area contributed by atoms with Gasteiger partial charge < -0.3 is 10.1 Å². The fourth-order valence-corrected chi connectivity index (χ4v) is 3.39. The summed E-state index contributed by atoms with van der Waals surface area (Å²) in [4.78, 5) is 0. The third kappa shape index (κ3) is 3.66. The summed E-state index contributed by atoms with van der Waals surface area (Å²) >= 11 is 3.52. The summed E-state index contributed by atoms with van der Waals surface area (Å²) in [5.74, 6) is 0.960. The van der Waals surface area contributed by atoms with Crippen molar-refractivity contribution in [2.24, 2.45) is 0 Å². The van der Waals surface area contributed by atoms with Gasteiger partial charge in [-0.25, -0.2) is 0 Å². The standard InChI is InChI=1S/C18H20BrNO/c1-21-18-8-6-14-5-7-17(10-15(14)11-18)20-12-13-3-2-4-16(19)9-13/h2-4,6,8-9,11,17,20H,5,7,10,12H2,1H3. The van der Waals surface area contributed by atoms with Crippen LogP contribution in [0.15, 0.2) is 46.9 Å². The lowest BCUT2D eigenvalue weighted by molar-refractivity contribution is 0.411. The van der Waals surface area contributed by atoms with Crippen LogP contribution in [0.5, 0.6) is 5.75 Å². The summed E-state index contributed by atoms with van der Waals surface area (Å²) in [5.41, 5.74) is 4.21. The van der Waals surface area contributed by atoms with E-state index in [1.807, 2.05) is 0 Å². The van der Waals surface area contributed by atoms with Crippen molar-refractivity contribution < 1.29 is 4.74 Å². The number of hydrogen-bond acceptors (Lipinski definition) is 2. The zero-order valence-electron chi connectivity index (χ0n) is 12.2. The summed E-state index contributed by atoms with van der Waals surface area (Å²) in [7, 11) is 1.73. The molecule has 3 rings (SSSR count). The zero-order valence-corrected chi connectivity index (χ0v) is 13.8. The third-order valence-electron chi connectivity index (χ3n) is 4.13. The predicted molar refractivity (Wildman–Crippen MR) is 89.8 cm³/mol. The molecule has 0 fully saturated rings. The molecule has 0 saturated carbocycles. The summed E-state index contributed by atoms with van der Waals surface area (Å²) in [5, 5.41) is 3.68. The van der Waals surface area contributed by atoms with Crippen molar-refractivity contribution in [2.75, 3.05) is 7.11 Å². The topological polar surface area (TPSA) is 21.3 Å². The lowest BCUT2D eigenvalue weighted by Crippen LogP contribution is -2.34. The first-order chi connectivity index (χ1) is 10.2. The Bertz CT molecular complexity index is 626. The minimum absolute atomic E-state index is 0.545. The van der Waals surface area contributed by atoms with E-state index in [-0.39, 0.29) is 0 Å². The molecule has 0 heterocycles. The largest absolute Gasteiger partial charge is 0.497 e. The molecule has 1 atom stereocenters. The van der Waals surface area contributed by atoms with Crippen molar-refractivity contribution in [1.29, 1.82) is 0 Å². The maximum Gasteiger partial charge on any atom is 0.119 e. The van der Waals surface area contributed by atoms with Crippen LogP contribution in [0.4, 0.5) is 0 Å². The minimum Gasteiger partial charge on any atom is -0.497 e. The van der Waals surface area contributed by atoms with Crippen LogP contribution in [0.2, 0.25) is 0 Å². The minimum atomic E-state index is 0.545. The highest BCUT2D eigenvalue weighted by Gasteiger charge is 2.18. The molecular formula is C18H20BrNO. The summed E-state index contributed by atoms with van der Waals surface area (Å²) < 4.78 is 6.47. The van der Waals surface area contributed by atoms with Gasteiger partial charge in [0, 0.05) is 17.1 Å². The van der Waals surface area contributed by atoms with Gasteiger partial charge >= 0.3 is 0 Å². The number of halogens is 1. The number of ether oxygens (including phenoxy) is 1. The normalized spacial score (nSPS) is 17.3. The Balaban J connectivity index is 1.63. The molecule has 1 unspecified atom stereocenters. The Morgan fingerprint density at radius 1 is 1.19 bits per heavy atom. The number of benzene rings is 2. The maximum atomic E-state index is 5.33. The smallest absolute Gasteiger partial charge is 0.119 e. The molecule has 2 aromatic rings. The molecule has 2 nitrogen and oxygen atoms in total. The molecule has 3 heteroatoms. The van der Waals surface area contributed by atoms with E-state index in [0.29, 0.717) is 6.04 Å². The lowest BCUT2D eigenvalue weighted by atomic mass is 9.88. The molecule has 0 spiro atoms. The fourth-order valence-electron chi connectivity index (χ4n) is 2.94. The molecule has 1 N–H and O–H groups in total. The van der Waals surface area contributed by atoms with Crippen LogP contribution in [-0.4, -0.2) is 13.2 Å². The molecule has 0 amide bonds. The van der Waals surface area contributed by atoms with E-state index in [2.05, 4.69) is 63.7 Å². The van der Waals surface area contributed by atoms with Crippen molar-refractivity contribution in [3.8, 4) is 5.75 Å². The van der Waals surface area contributed by atoms with Gasteiger partial charge in [-0.05, 0) is 60.2 Å². The highest BCUT2D eigenvalue weighted by Crippen LogP contribution is 2.25. The fraction of sp³-hybridized carbons (Fsp3) is 0.333. The second kappa shape index (κ2) is 6.63. The van der Waals surface area contributed by atoms with Gasteiger partial charge in [0.05, 0.1) is 7.11 Å². The van der Waals surface area contributed by atoms with Crippen LogP contribution in [0.25, 0.3) is 0 Å². The highest BCUT2D eigenvalue weighted by molar-refractivity contribution is 9.10. The quantitative estimate of drug-likeness (QED) is 0.900. The van der Waals surface area contributed by atoms with Gasteiger partial charge in [-0.2, -0.15) is 0 Å². The van der Waals surface area contributed by atoms with E-state index in [1.54, 1.807) is 7.11 Å². The van der Waals surface area contributed by atoms with E-state index in [4.69, 9.17) is 4.74 Å². The van der Waals surface area contributed by atoms with Gasteiger partial charge in [0.1, 0.15) is 5.75 Å². The number of aryl methyl sites for hydroxylation is 1. The Morgan fingerprint density at radius 2 is 2.10 bits per heavy atom. The molecule has 1 aliphatic rings. The average molecular weight is 346 g/mol. The van der Waals surface area contributed by atoms with Crippen LogP contribution >= 0.6 is 15.9 Å². The first-order valence-corrected chi connectivity index (χ1v) is 8.17. The second-order valence-corrected chi connectivity index (χ2v) is 6.50. The SMILES string of the molecule is COc1ccc2c(c1)CC(NCc1cccc(Br)c1)CC2. The van der Waals surface area contributed by atoms with E-state index in [0.717, 1.165) is 29.6 Å². The molecule has 0 saturated heterocycles. The van der Waals surface area contributed by atoms with Crippen molar-refractivity contribution in [1.82, 2.24) is 5.32 Å². The Kier molecular flexibility index (Phi) is 4.61. The Morgan fingerprint density at radius 3 is 2.90 bits per heavy atom. The van der Waals surface area contributed by atoms with Gasteiger partial charge in [-0.1, -0.05) is 34.1 Å². The summed E-state index contributed by atoms with van der Waals surface area (Å²) in [6, 6.07) is 15.5. The van der Waals surface area contributed by atoms with Crippen LogP contribution in [0, 0.1) is 0 Å². The molecular weight excluding hydrogens is 326 g/mol. The van der Waals surface area contributed by atoms with Gasteiger partial charge in [0.15, 0.2) is 0 Å². The molecule has 21 heavy (non-hydrogen) atoms. The number of methoxy groups -OCH3 is 1. The van der Waals surface area contributed by atoms with Crippen LogP contribution in [-0.2, 0) is 19.4 Å². The highest BCUT2D eigenvalue weighted by atomic mass is 79.9. The molecule has 2 aromatic carbocycles. The Labute approximate surface area is 134 Å². The van der Waals surface area contributed by atoms with Gasteiger partial charge in [-0.3, -0.25) is 0 Å². The van der Waals surface area contributed by atoms with E-state index >= 15 is 0 Å². The first-order valence-electron chi connectivity index (χ1n) is 7.38. The van der Waals surface area contributed by atoms with E-state index < -0.39 is 0 Å². The van der Waals surface area contributed by atoms with E-state index in [9.17, 15) is 0 Å². The van der Waals surface area contributed by atoms with Gasteiger partial charge in [0.2, 0.25) is 0 Å². The van der Waals surface area contributed by atoms with Crippen LogP contribution < -0.4 is 10.1 Å². The van der Waals surface area contributed by atoms with Crippen molar-refractivity contribution in [2.45, 2.75) is 31.8 Å². The second-order valence-electron chi connectivity index (χ2n) is 5.59. The molecule has 0 radical (unpaired) electrons. The first kappa shape index (κ1) is 14.6. The Hall–Kier alpha value is -1.32. The third-order valence-corrected chi connectivity index (χ3v) is 4.62. The zero-order chi connectivity index (χ0) is 14.7. The molecule has 0 bridgehead atoms.